The molecule has 0 bridgehead atoms. The van der Waals surface area contributed by atoms with E-state index in [1.54, 1.807) is 13.8 Å². The van der Waals surface area contributed by atoms with Crippen molar-refractivity contribution < 1.29 is 23.9 Å². The molecule has 1 saturated heterocycles. The van der Waals surface area contributed by atoms with Crippen LogP contribution in [0.25, 0.3) is 0 Å². The monoisotopic (exact) mass is 285 g/mol. The average Bonchev–Trinajstić information content (AvgIpc) is 2.61. The maximum Gasteiger partial charge on any atom is 0.327 e. The first-order chi connectivity index (χ1) is 9.27. The van der Waals surface area contributed by atoms with Crippen molar-refractivity contribution in [2.45, 2.75) is 19.9 Å². The summed E-state index contributed by atoms with van der Waals surface area (Å²) in [6, 6.07) is -0.753. The van der Waals surface area contributed by atoms with Crippen LogP contribution in [0, 0.1) is 0 Å². The summed E-state index contributed by atoms with van der Waals surface area (Å²) in [5.74, 6) is -1.45. The summed E-state index contributed by atoms with van der Waals surface area (Å²) in [7, 11) is 2.72. The number of methoxy groups -OCH3 is 1. The highest BCUT2D eigenvalue weighted by Crippen LogP contribution is 2.09. The van der Waals surface area contributed by atoms with Crippen LogP contribution in [0.2, 0.25) is 0 Å². The van der Waals surface area contributed by atoms with E-state index in [0.717, 1.165) is 4.90 Å². The molecule has 0 aromatic heterocycles. The van der Waals surface area contributed by atoms with Gasteiger partial charge in [0.05, 0.1) is 7.11 Å². The largest absolute Gasteiger partial charge is 0.468 e. The molecule has 1 aliphatic heterocycles. The van der Waals surface area contributed by atoms with E-state index in [1.165, 1.54) is 24.0 Å². The number of ether oxygens (including phenoxy) is 1. The topological polar surface area (TPSA) is 87.2 Å². The van der Waals surface area contributed by atoms with E-state index < -0.39 is 23.8 Å². The Morgan fingerprint density at radius 2 is 1.95 bits per heavy atom. The molecular weight excluding hydrogens is 266 g/mol. The summed E-state index contributed by atoms with van der Waals surface area (Å²) < 4.78 is 4.52. The van der Waals surface area contributed by atoms with Gasteiger partial charge in [0, 0.05) is 13.1 Å². The minimum absolute atomic E-state index is 0.0369. The van der Waals surface area contributed by atoms with Gasteiger partial charge >= 0.3 is 12.0 Å². The number of hydrogen-bond donors (Lipinski definition) is 0. The zero-order valence-electron chi connectivity index (χ0n) is 12.1. The van der Waals surface area contributed by atoms with Gasteiger partial charge in [0.2, 0.25) is 5.91 Å². The summed E-state index contributed by atoms with van der Waals surface area (Å²) in [5, 5.41) is 0. The number of hydrogen-bond acceptors (Lipinski definition) is 5. The van der Waals surface area contributed by atoms with Crippen molar-refractivity contribution in [2.75, 3.05) is 33.8 Å². The molecule has 0 N–H and O–H groups in total. The fraction of sp³-hybridized carbons (Fsp3) is 0.667. The van der Waals surface area contributed by atoms with Gasteiger partial charge in [0.15, 0.2) is 0 Å². The Kier molecular flexibility index (Phi) is 5.06. The average molecular weight is 285 g/mol. The van der Waals surface area contributed by atoms with Crippen molar-refractivity contribution in [2.24, 2.45) is 0 Å². The number of amides is 4. The van der Waals surface area contributed by atoms with Gasteiger partial charge in [0.1, 0.15) is 19.6 Å². The second-order valence-corrected chi connectivity index (χ2v) is 4.81. The smallest absolute Gasteiger partial charge is 0.327 e. The van der Waals surface area contributed by atoms with Crippen molar-refractivity contribution in [1.82, 2.24) is 14.7 Å². The van der Waals surface area contributed by atoms with Gasteiger partial charge in [0.25, 0.3) is 5.91 Å². The van der Waals surface area contributed by atoms with Gasteiger partial charge in [-0.05, 0) is 13.8 Å². The Bertz CT molecular complexity index is 435. The first-order valence-corrected chi connectivity index (χ1v) is 6.19. The van der Waals surface area contributed by atoms with E-state index in [9.17, 15) is 19.2 Å². The number of likely N-dealkylation sites (N-methyl/N-ethyl adjacent to an activating group) is 1. The number of rotatable bonds is 5. The molecule has 0 saturated carbocycles. The Hall–Kier alpha value is -2.12. The molecule has 0 aromatic rings. The molecule has 8 heteroatoms. The molecular formula is C12H19N3O5. The number of carbonyl (C=O) groups excluding carboxylic acids is 4. The van der Waals surface area contributed by atoms with E-state index in [-0.39, 0.29) is 25.7 Å². The summed E-state index contributed by atoms with van der Waals surface area (Å²) >= 11 is 0. The maximum absolute atomic E-state index is 12.1. The Labute approximate surface area is 117 Å². The third-order valence-electron chi connectivity index (χ3n) is 3.00. The van der Waals surface area contributed by atoms with Crippen molar-refractivity contribution >= 4 is 23.8 Å². The number of urea groups is 1. The molecule has 112 valence electrons. The van der Waals surface area contributed by atoms with Crippen molar-refractivity contribution in [3.8, 4) is 0 Å². The molecule has 0 spiro atoms. The second kappa shape index (κ2) is 6.36. The number of imide groups is 1. The third-order valence-corrected chi connectivity index (χ3v) is 3.00. The van der Waals surface area contributed by atoms with E-state index >= 15 is 0 Å². The van der Waals surface area contributed by atoms with Crippen LogP contribution in [0.5, 0.6) is 0 Å². The normalized spacial score (nSPS) is 15.1. The van der Waals surface area contributed by atoms with Gasteiger partial charge in [-0.3, -0.25) is 19.3 Å². The van der Waals surface area contributed by atoms with Crippen LogP contribution < -0.4 is 0 Å². The summed E-state index contributed by atoms with van der Waals surface area (Å²) in [6.45, 7) is 2.86. The van der Waals surface area contributed by atoms with Gasteiger partial charge in [-0.2, -0.15) is 0 Å². The van der Waals surface area contributed by atoms with Crippen LogP contribution in [0.3, 0.4) is 0 Å². The van der Waals surface area contributed by atoms with E-state index in [4.69, 9.17) is 0 Å². The first kappa shape index (κ1) is 15.9. The Balaban J connectivity index is 2.74. The SMILES string of the molecule is COC(=O)CN(C(=O)CN1C(=O)CN(C)C1=O)C(C)C. The molecule has 4 amide bonds. The molecule has 0 radical (unpaired) electrons. The maximum atomic E-state index is 12.1. The van der Waals surface area contributed by atoms with E-state index in [1.807, 2.05) is 0 Å². The minimum atomic E-state index is -0.553. The lowest BCUT2D eigenvalue weighted by molar-refractivity contribution is -0.148. The molecule has 0 aromatic carbocycles. The molecule has 1 heterocycles. The van der Waals surface area contributed by atoms with Crippen LogP contribution in [0.1, 0.15) is 13.8 Å². The van der Waals surface area contributed by atoms with Crippen LogP contribution in [-0.2, 0) is 19.1 Å². The van der Waals surface area contributed by atoms with Gasteiger partial charge in [-0.1, -0.05) is 0 Å². The lowest BCUT2D eigenvalue weighted by Gasteiger charge is -2.27. The van der Waals surface area contributed by atoms with E-state index in [0.29, 0.717) is 0 Å². The molecule has 20 heavy (non-hydrogen) atoms. The van der Waals surface area contributed by atoms with Gasteiger partial charge in [-0.15, -0.1) is 0 Å². The number of esters is 1. The summed E-state index contributed by atoms with van der Waals surface area (Å²) in [4.78, 5) is 50.1. The Morgan fingerprint density at radius 3 is 2.35 bits per heavy atom. The van der Waals surface area contributed by atoms with Crippen LogP contribution >= 0.6 is 0 Å². The second-order valence-electron chi connectivity index (χ2n) is 4.81. The molecule has 0 atom stereocenters. The summed E-state index contributed by atoms with van der Waals surface area (Å²) in [6.07, 6.45) is 0. The Morgan fingerprint density at radius 1 is 1.35 bits per heavy atom. The van der Waals surface area contributed by atoms with Gasteiger partial charge < -0.3 is 14.5 Å². The fourth-order valence-corrected chi connectivity index (χ4v) is 1.81. The van der Waals surface area contributed by atoms with Gasteiger partial charge in [-0.25, -0.2) is 4.79 Å². The standard InChI is InChI=1S/C12H19N3O5/c1-8(2)14(7-11(18)20-4)10(17)6-15-9(16)5-13(3)12(15)19/h8H,5-7H2,1-4H3. The molecule has 1 fully saturated rings. The van der Waals surface area contributed by atoms with Crippen molar-refractivity contribution in [1.29, 1.82) is 0 Å². The highest BCUT2D eigenvalue weighted by atomic mass is 16.5. The predicted octanol–water partition coefficient (Wildman–Crippen LogP) is -0.710. The molecule has 1 rings (SSSR count). The van der Waals surface area contributed by atoms with E-state index in [2.05, 4.69) is 4.74 Å². The fourth-order valence-electron chi connectivity index (χ4n) is 1.81. The molecule has 8 nitrogen and oxygen atoms in total. The quantitative estimate of drug-likeness (QED) is 0.492. The van der Waals surface area contributed by atoms with Crippen LogP contribution in [0.4, 0.5) is 4.79 Å². The summed E-state index contributed by atoms with van der Waals surface area (Å²) in [5.41, 5.74) is 0. The van der Waals surface area contributed by atoms with Crippen molar-refractivity contribution in [3.05, 3.63) is 0 Å². The molecule has 0 unspecified atom stereocenters. The lowest BCUT2D eigenvalue weighted by atomic mass is 10.3. The van der Waals surface area contributed by atoms with Crippen LogP contribution in [-0.4, -0.2) is 78.3 Å². The zero-order valence-corrected chi connectivity index (χ0v) is 12.1. The highest BCUT2D eigenvalue weighted by Gasteiger charge is 2.36. The molecule has 1 aliphatic rings. The number of nitrogens with zero attached hydrogens (tertiary/aromatic N) is 3. The number of carbonyl (C=O) groups is 4. The first-order valence-electron chi connectivity index (χ1n) is 6.19. The van der Waals surface area contributed by atoms with Crippen molar-refractivity contribution in [3.63, 3.8) is 0 Å². The van der Waals surface area contributed by atoms with Crippen LogP contribution in [0.15, 0.2) is 0 Å². The highest BCUT2D eigenvalue weighted by molar-refractivity contribution is 6.04. The lowest BCUT2D eigenvalue weighted by Crippen LogP contribution is -2.47. The predicted molar refractivity (Wildman–Crippen MR) is 68.6 cm³/mol. The zero-order chi connectivity index (χ0) is 15.4. The third kappa shape index (κ3) is 3.46. The molecule has 0 aliphatic carbocycles. The minimum Gasteiger partial charge on any atom is -0.468 e.